The zero-order chi connectivity index (χ0) is 19.6. The zero-order valence-electron chi connectivity index (χ0n) is 16.6. The maximum atomic E-state index is 5.70. The molecule has 2 aliphatic heterocycles. The predicted octanol–water partition coefficient (Wildman–Crippen LogP) is 2.82. The van der Waals surface area contributed by atoms with Crippen molar-refractivity contribution < 1.29 is 4.52 Å². The van der Waals surface area contributed by atoms with Gasteiger partial charge < -0.3 is 9.42 Å². The molecule has 0 bridgehead atoms. The molecule has 5 heterocycles. The number of nitrogens with zero attached hydrogens (tertiary/aromatic N) is 7. The van der Waals surface area contributed by atoms with Gasteiger partial charge in [-0.2, -0.15) is 4.98 Å². The molecule has 3 aromatic rings. The Bertz CT molecular complexity index is 935. The van der Waals surface area contributed by atoms with Crippen molar-refractivity contribution in [1.29, 1.82) is 0 Å². The van der Waals surface area contributed by atoms with Gasteiger partial charge in [-0.05, 0) is 64.5 Å². The van der Waals surface area contributed by atoms with Crippen LogP contribution in [0.3, 0.4) is 0 Å². The van der Waals surface area contributed by atoms with E-state index >= 15 is 0 Å². The lowest BCUT2D eigenvalue weighted by Crippen LogP contribution is -2.43. The van der Waals surface area contributed by atoms with Gasteiger partial charge in [0.25, 0.3) is 0 Å². The molecule has 8 nitrogen and oxygen atoms in total. The maximum Gasteiger partial charge on any atom is 0.244 e. The van der Waals surface area contributed by atoms with Crippen molar-refractivity contribution in [3.05, 3.63) is 42.9 Å². The number of piperidine rings is 1. The third kappa shape index (κ3) is 3.77. The monoisotopic (exact) mass is 391 g/mol. The summed E-state index contributed by atoms with van der Waals surface area (Å²) in [7, 11) is 2.20. The molecule has 5 rings (SSSR count). The normalized spacial score (nSPS) is 21.6. The van der Waals surface area contributed by atoms with Crippen molar-refractivity contribution >= 4 is 0 Å². The quantitative estimate of drug-likeness (QED) is 0.671. The van der Waals surface area contributed by atoms with Gasteiger partial charge in [0.05, 0.1) is 11.7 Å². The van der Waals surface area contributed by atoms with Crippen molar-refractivity contribution in [2.45, 2.75) is 37.8 Å². The predicted molar refractivity (Wildman–Crippen MR) is 108 cm³/mol. The molecule has 2 aliphatic rings. The topological polar surface area (TPSA) is 84.1 Å². The Morgan fingerprint density at radius 2 is 1.79 bits per heavy atom. The second-order valence-corrected chi connectivity index (χ2v) is 7.95. The van der Waals surface area contributed by atoms with Crippen molar-refractivity contribution in [2.75, 3.05) is 26.7 Å². The van der Waals surface area contributed by atoms with Crippen LogP contribution in [0.15, 0.2) is 41.6 Å². The highest BCUT2D eigenvalue weighted by molar-refractivity contribution is 5.61. The van der Waals surface area contributed by atoms with Crippen molar-refractivity contribution in [3.63, 3.8) is 0 Å². The van der Waals surface area contributed by atoms with Crippen LogP contribution in [-0.4, -0.2) is 67.6 Å². The van der Waals surface area contributed by atoms with E-state index in [0.717, 1.165) is 48.8 Å². The number of hydrogen-bond donors (Lipinski definition) is 0. The smallest absolute Gasteiger partial charge is 0.244 e. The average Bonchev–Trinajstić information content (AvgIpc) is 3.45. The molecule has 2 saturated heterocycles. The summed E-state index contributed by atoms with van der Waals surface area (Å²) < 4.78 is 5.70. The van der Waals surface area contributed by atoms with Crippen LogP contribution in [0.4, 0.5) is 0 Å². The van der Waals surface area contributed by atoms with Crippen LogP contribution in [-0.2, 0) is 0 Å². The fraction of sp³-hybridized carbons (Fsp3) is 0.476. The summed E-state index contributed by atoms with van der Waals surface area (Å²) in [6.07, 6.45) is 11.5. The highest BCUT2D eigenvalue weighted by atomic mass is 16.5. The summed E-state index contributed by atoms with van der Waals surface area (Å²) in [5.41, 5.74) is 2.55. The minimum atomic E-state index is 0.235. The van der Waals surface area contributed by atoms with Gasteiger partial charge in [0.1, 0.15) is 6.33 Å². The summed E-state index contributed by atoms with van der Waals surface area (Å²) >= 11 is 0. The van der Waals surface area contributed by atoms with Crippen LogP contribution in [0.5, 0.6) is 0 Å². The Balaban J connectivity index is 1.32. The van der Waals surface area contributed by atoms with Crippen LogP contribution in [0.25, 0.3) is 22.6 Å². The van der Waals surface area contributed by atoms with E-state index in [0.29, 0.717) is 11.9 Å². The van der Waals surface area contributed by atoms with Crippen LogP contribution in [0.1, 0.15) is 37.6 Å². The van der Waals surface area contributed by atoms with Gasteiger partial charge in [-0.1, -0.05) is 5.16 Å². The van der Waals surface area contributed by atoms with Gasteiger partial charge in [-0.15, -0.1) is 0 Å². The van der Waals surface area contributed by atoms with Gasteiger partial charge >= 0.3 is 0 Å². The lowest BCUT2D eigenvalue weighted by Gasteiger charge is -2.37. The first-order valence-corrected chi connectivity index (χ1v) is 10.3. The maximum absolute atomic E-state index is 5.70. The number of aromatic nitrogens is 5. The van der Waals surface area contributed by atoms with Gasteiger partial charge in [0.2, 0.25) is 11.7 Å². The van der Waals surface area contributed by atoms with Gasteiger partial charge in [0, 0.05) is 35.8 Å². The van der Waals surface area contributed by atoms with Crippen LogP contribution < -0.4 is 0 Å². The minimum Gasteiger partial charge on any atom is -0.337 e. The lowest BCUT2D eigenvalue weighted by atomic mass is 10.0. The Morgan fingerprint density at radius 3 is 2.55 bits per heavy atom. The minimum absolute atomic E-state index is 0.235. The van der Waals surface area contributed by atoms with Crippen LogP contribution in [0.2, 0.25) is 0 Å². The van der Waals surface area contributed by atoms with E-state index in [-0.39, 0.29) is 6.04 Å². The third-order valence-electron chi connectivity index (χ3n) is 6.06. The molecular formula is C21H25N7O. The van der Waals surface area contributed by atoms with Gasteiger partial charge in [-0.25, -0.2) is 9.97 Å². The number of hydrogen-bond acceptors (Lipinski definition) is 8. The SMILES string of the molecule is CN1CCC(N2CCCC2c2nc(-c3ccc(-c4cncnc4)nc3)no2)CC1. The fourth-order valence-electron chi connectivity index (χ4n) is 4.43. The summed E-state index contributed by atoms with van der Waals surface area (Å²) in [5, 5.41) is 4.24. The summed E-state index contributed by atoms with van der Waals surface area (Å²) in [6, 6.07) is 4.75. The molecule has 2 fully saturated rings. The molecular weight excluding hydrogens is 366 g/mol. The van der Waals surface area contributed by atoms with E-state index in [1.54, 1.807) is 18.6 Å². The zero-order valence-corrected chi connectivity index (χ0v) is 16.6. The number of rotatable bonds is 4. The number of likely N-dealkylation sites (tertiary alicyclic amines) is 2. The van der Waals surface area contributed by atoms with E-state index < -0.39 is 0 Å². The molecule has 150 valence electrons. The molecule has 0 N–H and O–H groups in total. The molecule has 1 atom stereocenters. The van der Waals surface area contributed by atoms with E-state index in [4.69, 9.17) is 9.51 Å². The van der Waals surface area contributed by atoms with E-state index in [2.05, 4.69) is 37.0 Å². The average molecular weight is 391 g/mol. The molecule has 0 aliphatic carbocycles. The van der Waals surface area contributed by atoms with Crippen molar-refractivity contribution in [2.24, 2.45) is 0 Å². The first-order chi connectivity index (χ1) is 14.3. The van der Waals surface area contributed by atoms with Gasteiger partial charge in [0.15, 0.2) is 0 Å². The van der Waals surface area contributed by atoms with E-state index in [1.807, 2.05) is 12.1 Å². The van der Waals surface area contributed by atoms with Crippen molar-refractivity contribution in [3.8, 4) is 22.6 Å². The van der Waals surface area contributed by atoms with Crippen LogP contribution in [0, 0.1) is 0 Å². The van der Waals surface area contributed by atoms with E-state index in [9.17, 15) is 0 Å². The Morgan fingerprint density at radius 1 is 0.966 bits per heavy atom. The fourth-order valence-corrected chi connectivity index (χ4v) is 4.43. The van der Waals surface area contributed by atoms with Crippen molar-refractivity contribution in [1.82, 2.24) is 34.9 Å². The highest BCUT2D eigenvalue weighted by Crippen LogP contribution is 2.36. The molecule has 0 spiro atoms. The molecule has 0 radical (unpaired) electrons. The molecule has 0 amide bonds. The molecule has 0 saturated carbocycles. The Hall–Kier alpha value is -2.71. The Kier molecular flexibility index (Phi) is 5.03. The largest absolute Gasteiger partial charge is 0.337 e. The first kappa shape index (κ1) is 18.3. The number of pyridine rings is 1. The standard InChI is InChI=1S/C21H25N7O/c1-27-9-6-17(7-10-27)28-8-2-3-19(28)21-25-20(26-29-21)15-4-5-18(24-13-15)16-11-22-14-23-12-16/h4-5,11-14,17,19H,2-3,6-10H2,1H3. The molecule has 0 aromatic carbocycles. The summed E-state index contributed by atoms with van der Waals surface area (Å²) in [5.74, 6) is 1.33. The lowest BCUT2D eigenvalue weighted by molar-refractivity contribution is 0.0958. The molecule has 29 heavy (non-hydrogen) atoms. The first-order valence-electron chi connectivity index (χ1n) is 10.3. The molecule has 3 aromatic heterocycles. The highest BCUT2D eigenvalue weighted by Gasteiger charge is 2.36. The summed E-state index contributed by atoms with van der Waals surface area (Å²) in [6.45, 7) is 3.44. The molecule has 8 heteroatoms. The Labute approximate surface area is 170 Å². The second-order valence-electron chi connectivity index (χ2n) is 7.95. The second kappa shape index (κ2) is 7.96. The van der Waals surface area contributed by atoms with E-state index in [1.165, 1.54) is 25.6 Å². The summed E-state index contributed by atoms with van der Waals surface area (Å²) in [4.78, 5) is 22.3. The molecule has 1 unspecified atom stereocenters. The van der Waals surface area contributed by atoms with Crippen LogP contribution >= 0.6 is 0 Å². The van der Waals surface area contributed by atoms with Gasteiger partial charge in [-0.3, -0.25) is 9.88 Å². The third-order valence-corrected chi connectivity index (χ3v) is 6.06.